The Hall–Kier alpha value is -1.69. The minimum Gasteiger partial charge on any atom is -0.477 e. The summed E-state index contributed by atoms with van der Waals surface area (Å²) in [5.74, 6) is 0.101. The SMILES string of the molecule is CN(C)C(=S)SCC1=C(C(=O)O)N2C(=O)[C@H](NC(=O)CSCc3ccccc3)[C@H]2SC1. The van der Waals surface area contributed by atoms with Crippen molar-refractivity contribution in [1.82, 2.24) is 15.1 Å². The van der Waals surface area contributed by atoms with Crippen LogP contribution in [0.15, 0.2) is 41.6 Å². The third-order valence-electron chi connectivity index (χ3n) is 4.65. The third kappa shape index (κ3) is 5.76. The highest BCUT2D eigenvalue weighted by atomic mass is 32.2. The van der Waals surface area contributed by atoms with Gasteiger partial charge in [-0.15, -0.1) is 23.5 Å². The zero-order chi connectivity index (χ0) is 22.5. The van der Waals surface area contributed by atoms with Crippen molar-refractivity contribution in [2.24, 2.45) is 0 Å². The van der Waals surface area contributed by atoms with Crippen LogP contribution in [0.3, 0.4) is 0 Å². The van der Waals surface area contributed by atoms with E-state index in [2.05, 4.69) is 5.32 Å². The number of carboxylic acid groups (broad SMARTS) is 1. The molecule has 0 spiro atoms. The van der Waals surface area contributed by atoms with E-state index in [0.29, 0.717) is 27.2 Å². The molecule has 0 bridgehead atoms. The number of amides is 2. The second-order valence-corrected chi connectivity index (χ2v) is 10.8. The average Bonchev–Trinajstić information content (AvgIpc) is 2.75. The zero-order valence-electron chi connectivity index (χ0n) is 17.1. The van der Waals surface area contributed by atoms with E-state index >= 15 is 0 Å². The van der Waals surface area contributed by atoms with Gasteiger partial charge in [0.15, 0.2) is 0 Å². The number of carboxylic acids is 1. The number of carbonyl (C=O) groups excluding carboxylic acids is 2. The van der Waals surface area contributed by atoms with E-state index in [1.165, 1.54) is 40.2 Å². The maximum Gasteiger partial charge on any atom is 0.352 e. The fraction of sp³-hybridized carbons (Fsp3) is 0.400. The molecule has 1 aromatic carbocycles. The largest absolute Gasteiger partial charge is 0.477 e. The van der Waals surface area contributed by atoms with Gasteiger partial charge in [-0.3, -0.25) is 14.5 Å². The summed E-state index contributed by atoms with van der Waals surface area (Å²) in [6, 6.07) is 9.15. The molecule has 1 aromatic rings. The summed E-state index contributed by atoms with van der Waals surface area (Å²) in [6.07, 6.45) is 0. The molecule has 1 saturated heterocycles. The molecule has 7 nitrogen and oxygen atoms in total. The van der Waals surface area contributed by atoms with Gasteiger partial charge in [-0.1, -0.05) is 54.3 Å². The van der Waals surface area contributed by atoms with Crippen LogP contribution < -0.4 is 5.32 Å². The molecule has 0 aliphatic carbocycles. The number of thioether (sulfide) groups is 3. The number of hydrogen-bond donors (Lipinski definition) is 2. The molecule has 2 N–H and O–H groups in total. The molecule has 166 valence electrons. The van der Waals surface area contributed by atoms with E-state index in [1.54, 1.807) is 4.90 Å². The monoisotopic (exact) mass is 497 g/mol. The van der Waals surface area contributed by atoms with Gasteiger partial charge in [0, 0.05) is 31.4 Å². The molecular formula is C20H23N3O4S4. The van der Waals surface area contributed by atoms with Crippen LogP contribution in [0.4, 0.5) is 0 Å². The van der Waals surface area contributed by atoms with Crippen LogP contribution >= 0.6 is 47.5 Å². The molecule has 2 aliphatic heterocycles. The first-order valence-corrected chi connectivity index (χ1v) is 13.0. The minimum absolute atomic E-state index is 0.0201. The fourth-order valence-electron chi connectivity index (χ4n) is 3.12. The van der Waals surface area contributed by atoms with Crippen molar-refractivity contribution >= 4 is 69.6 Å². The highest BCUT2D eigenvalue weighted by molar-refractivity contribution is 8.23. The standard InChI is InChI=1S/C20H23N3O4S4/c1-22(2)20(28)31-10-13-9-30-18-15(17(25)23(18)16(13)19(26)27)21-14(24)11-29-8-12-6-4-3-5-7-12/h3-7,15,18H,8-11H2,1-2H3,(H,21,24)(H,26,27)/t15-,18+/m0/s1. The number of β-lactam (4-membered cyclic amide) rings is 1. The molecular weight excluding hydrogens is 475 g/mol. The van der Waals surface area contributed by atoms with Crippen molar-refractivity contribution in [1.29, 1.82) is 0 Å². The number of carbonyl (C=O) groups is 3. The van der Waals surface area contributed by atoms with Gasteiger partial charge in [0.25, 0.3) is 5.91 Å². The Labute approximate surface area is 199 Å². The van der Waals surface area contributed by atoms with E-state index in [4.69, 9.17) is 12.2 Å². The van der Waals surface area contributed by atoms with Gasteiger partial charge in [-0.05, 0) is 11.1 Å². The van der Waals surface area contributed by atoms with Crippen molar-refractivity contribution in [3.05, 3.63) is 47.2 Å². The summed E-state index contributed by atoms with van der Waals surface area (Å²) in [5.41, 5.74) is 1.82. The number of thiocarbonyl (C=S) groups is 1. The van der Waals surface area contributed by atoms with Crippen molar-refractivity contribution < 1.29 is 19.5 Å². The van der Waals surface area contributed by atoms with Crippen LogP contribution in [-0.2, 0) is 20.1 Å². The lowest BCUT2D eigenvalue weighted by molar-refractivity contribution is -0.150. The molecule has 11 heteroatoms. The molecule has 2 heterocycles. The number of nitrogens with one attached hydrogen (secondary N) is 1. The Morgan fingerprint density at radius 1 is 1.29 bits per heavy atom. The fourth-order valence-corrected chi connectivity index (χ4v) is 6.37. The molecule has 1 fully saturated rings. The van der Waals surface area contributed by atoms with Crippen LogP contribution in [0.25, 0.3) is 0 Å². The lowest BCUT2D eigenvalue weighted by Crippen LogP contribution is -2.70. The highest BCUT2D eigenvalue weighted by Crippen LogP contribution is 2.41. The van der Waals surface area contributed by atoms with Gasteiger partial charge < -0.3 is 15.3 Å². The number of benzene rings is 1. The van der Waals surface area contributed by atoms with Crippen LogP contribution in [0, 0.1) is 0 Å². The van der Waals surface area contributed by atoms with Crippen molar-refractivity contribution in [3.8, 4) is 0 Å². The third-order valence-corrected chi connectivity index (χ3v) is 8.81. The average molecular weight is 498 g/mol. The molecule has 2 amide bonds. The molecule has 0 radical (unpaired) electrons. The smallest absolute Gasteiger partial charge is 0.352 e. The van der Waals surface area contributed by atoms with E-state index in [1.807, 2.05) is 44.4 Å². The van der Waals surface area contributed by atoms with Gasteiger partial charge in [0.1, 0.15) is 21.4 Å². The number of aliphatic carboxylic acids is 1. The normalized spacial score (nSPS) is 20.1. The summed E-state index contributed by atoms with van der Waals surface area (Å²) in [6.45, 7) is 0. The number of fused-ring (bicyclic) bond motifs is 1. The van der Waals surface area contributed by atoms with E-state index in [-0.39, 0.29) is 23.3 Å². The molecule has 2 aliphatic rings. The summed E-state index contributed by atoms with van der Waals surface area (Å²) in [5, 5.41) is 12.1. The van der Waals surface area contributed by atoms with Crippen LogP contribution in [0.2, 0.25) is 0 Å². The molecule has 0 aromatic heterocycles. The number of rotatable bonds is 8. The van der Waals surface area contributed by atoms with E-state index in [0.717, 1.165) is 5.56 Å². The van der Waals surface area contributed by atoms with Crippen LogP contribution in [-0.4, -0.2) is 79.8 Å². The topological polar surface area (TPSA) is 90.0 Å². The van der Waals surface area contributed by atoms with Crippen LogP contribution in [0.1, 0.15) is 5.56 Å². The van der Waals surface area contributed by atoms with Gasteiger partial charge in [-0.2, -0.15) is 0 Å². The number of nitrogens with zero attached hydrogens (tertiary/aromatic N) is 2. The molecule has 3 rings (SSSR count). The Kier molecular flexibility index (Phi) is 8.31. The quantitative estimate of drug-likeness (QED) is 0.414. The highest BCUT2D eigenvalue weighted by Gasteiger charge is 2.54. The maximum absolute atomic E-state index is 12.7. The first-order chi connectivity index (χ1) is 14.8. The predicted molar refractivity (Wildman–Crippen MR) is 131 cm³/mol. The maximum atomic E-state index is 12.7. The van der Waals surface area contributed by atoms with Gasteiger partial charge >= 0.3 is 5.97 Å². The summed E-state index contributed by atoms with van der Waals surface area (Å²) >= 11 is 9.57. The second-order valence-electron chi connectivity index (χ2n) is 7.14. The van der Waals surface area contributed by atoms with Gasteiger partial charge in [-0.25, -0.2) is 4.79 Å². The summed E-state index contributed by atoms with van der Waals surface area (Å²) in [4.78, 5) is 40.0. The lowest BCUT2D eigenvalue weighted by atomic mass is 10.0. The van der Waals surface area contributed by atoms with Crippen molar-refractivity contribution in [2.45, 2.75) is 17.2 Å². The Balaban J connectivity index is 1.56. The van der Waals surface area contributed by atoms with E-state index < -0.39 is 17.4 Å². The summed E-state index contributed by atoms with van der Waals surface area (Å²) in [7, 11) is 3.66. The van der Waals surface area contributed by atoms with Crippen LogP contribution in [0.5, 0.6) is 0 Å². The van der Waals surface area contributed by atoms with Crippen molar-refractivity contribution in [2.75, 3.05) is 31.4 Å². The lowest BCUT2D eigenvalue weighted by Gasteiger charge is -2.49. The molecule has 31 heavy (non-hydrogen) atoms. The predicted octanol–water partition coefficient (Wildman–Crippen LogP) is 2.24. The summed E-state index contributed by atoms with van der Waals surface area (Å²) < 4.78 is 0.650. The molecule has 0 saturated carbocycles. The van der Waals surface area contributed by atoms with Gasteiger partial charge in [0.05, 0.1) is 5.75 Å². The van der Waals surface area contributed by atoms with Crippen molar-refractivity contribution in [3.63, 3.8) is 0 Å². The molecule has 2 atom stereocenters. The van der Waals surface area contributed by atoms with E-state index in [9.17, 15) is 19.5 Å². The zero-order valence-corrected chi connectivity index (χ0v) is 20.3. The van der Waals surface area contributed by atoms with Gasteiger partial charge in [0.2, 0.25) is 5.91 Å². The number of hydrogen-bond acceptors (Lipinski definition) is 7. The molecule has 0 unspecified atom stereocenters. The Morgan fingerprint density at radius 2 is 2.00 bits per heavy atom. The minimum atomic E-state index is -1.13. The Morgan fingerprint density at radius 3 is 2.65 bits per heavy atom. The second kappa shape index (κ2) is 10.8. The first kappa shape index (κ1) is 24.0. The Bertz CT molecular complexity index is 907. The first-order valence-electron chi connectivity index (χ1n) is 9.44.